The van der Waals surface area contributed by atoms with Crippen LogP contribution in [0.15, 0.2) is 47.2 Å². The molecule has 0 aliphatic carbocycles. The Morgan fingerprint density at radius 2 is 2.05 bits per heavy atom. The number of hydrogen-bond acceptors (Lipinski definition) is 2. The fourth-order valence-electron chi connectivity index (χ4n) is 2.44. The van der Waals surface area contributed by atoms with Crippen molar-refractivity contribution < 1.29 is 4.79 Å². The summed E-state index contributed by atoms with van der Waals surface area (Å²) in [7, 11) is 0. The lowest BCUT2D eigenvalue weighted by molar-refractivity contribution is 0.0984. The zero-order valence-electron chi connectivity index (χ0n) is 10.3. The number of halogens is 1. The predicted molar refractivity (Wildman–Crippen MR) is 78.4 cm³/mol. The van der Waals surface area contributed by atoms with E-state index >= 15 is 0 Å². The molecule has 1 aliphatic rings. The second-order valence-corrected chi connectivity index (χ2v) is 5.28. The van der Waals surface area contributed by atoms with Crippen molar-refractivity contribution in [3.05, 3.63) is 58.3 Å². The highest BCUT2D eigenvalue weighted by Gasteiger charge is 2.24. The number of aromatic nitrogens is 1. The van der Waals surface area contributed by atoms with Crippen LogP contribution in [0.25, 0.3) is 0 Å². The molecule has 2 aromatic rings. The molecule has 1 amide bonds. The molecule has 0 N–H and O–H groups in total. The van der Waals surface area contributed by atoms with Gasteiger partial charge >= 0.3 is 0 Å². The molecule has 19 heavy (non-hydrogen) atoms. The first-order chi connectivity index (χ1) is 9.27. The summed E-state index contributed by atoms with van der Waals surface area (Å²) in [5.41, 5.74) is 2.87. The highest BCUT2D eigenvalue weighted by Crippen LogP contribution is 2.29. The van der Waals surface area contributed by atoms with Gasteiger partial charge in [-0.3, -0.25) is 4.79 Å². The summed E-state index contributed by atoms with van der Waals surface area (Å²) in [5, 5.41) is 0. The number of amides is 1. The first-order valence-electron chi connectivity index (χ1n) is 6.27. The average molecular weight is 317 g/mol. The van der Waals surface area contributed by atoms with E-state index in [9.17, 15) is 4.79 Å². The van der Waals surface area contributed by atoms with E-state index in [2.05, 4.69) is 27.0 Å². The molecular weight excluding hydrogens is 304 g/mol. The van der Waals surface area contributed by atoms with Gasteiger partial charge in [-0.25, -0.2) is 4.98 Å². The number of pyridine rings is 1. The van der Waals surface area contributed by atoms with E-state index in [0.29, 0.717) is 10.2 Å². The van der Waals surface area contributed by atoms with Gasteiger partial charge in [-0.15, -0.1) is 0 Å². The van der Waals surface area contributed by atoms with Gasteiger partial charge in [-0.05, 0) is 52.5 Å². The molecule has 3 rings (SSSR count). The smallest absolute Gasteiger partial charge is 0.261 e. The lowest BCUT2D eigenvalue weighted by Gasteiger charge is -2.29. The summed E-state index contributed by atoms with van der Waals surface area (Å²) in [6.45, 7) is 0.761. The van der Waals surface area contributed by atoms with Crippen molar-refractivity contribution >= 4 is 27.5 Å². The normalized spacial score (nSPS) is 14.1. The molecule has 4 heteroatoms. The SMILES string of the molecule is O=C(c1cccnc1Br)N1CCCc2ccccc21. The zero-order chi connectivity index (χ0) is 13.2. The average Bonchev–Trinajstić information content (AvgIpc) is 2.46. The Balaban J connectivity index is 2.00. The van der Waals surface area contributed by atoms with Gasteiger partial charge in [0.2, 0.25) is 0 Å². The van der Waals surface area contributed by atoms with E-state index in [-0.39, 0.29) is 5.91 Å². The molecule has 0 saturated carbocycles. The number of hydrogen-bond donors (Lipinski definition) is 0. The molecule has 0 bridgehead atoms. The van der Waals surface area contributed by atoms with Gasteiger partial charge in [-0.2, -0.15) is 0 Å². The number of aryl methyl sites for hydroxylation is 1. The maximum absolute atomic E-state index is 12.6. The van der Waals surface area contributed by atoms with Crippen LogP contribution < -0.4 is 4.90 Å². The van der Waals surface area contributed by atoms with E-state index in [1.54, 1.807) is 18.3 Å². The van der Waals surface area contributed by atoms with E-state index < -0.39 is 0 Å². The van der Waals surface area contributed by atoms with Crippen LogP contribution >= 0.6 is 15.9 Å². The Morgan fingerprint density at radius 3 is 2.89 bits per heavy atom. The molecule has 3 nitrogen and oxygen atoms in total. The molecule has 0 fully saturated rings. The number of carbonyl (C=O) groups is 1. The van der Waals surface area contributed by atoms with Gasteiger partial charge in [-0.1, -0.05) is 18.2 Å². The maximum Gasteiger partial charge on any atom is 0.261 e. The van der Waals surface area contributed by atoms with E-state index in [1.165, 1.54) is 5.56 Å². The fourth-order valence-corrected chi connectivity index (χ4v) is 2.86. The highest BCUT2D eigenvalue weighted by atomic mass is 79.9. The van der Waals surface area contributed by atoms with E-state index in [4.69, 9.17) is 0 Å². The van der Waals surface area contributed by atoms with Gasteiger partial charge in [0, 0.05) is 18.4 Å². The van der Waals surface area contributed by atoms with Crippen LogP contribution in [0.3, 0.4) is 0 Å². The van der Waals surface area contributed by atoms with Crippen LogP contribution in [-0.2, 0) is 6.42 Å². The third-order valence-electron chi connectivity index (χ3n) is 3.34. The Morgan fingerprint density at radius 1 is 1.21 bits per heavy atom. The fraction of sp³-hybridized carbons (Fsp3) is 0.200. The molecule has 1 aromatic carbocycles. The van der Waals surface area contributed by atoms with Gasteiger partial charge < -0.3 is 4.90 Å². The summed E-state index contributed by atoms with van der Waals surface area (Å²) in [6.07, 6.45) is 3.71. The molecule has 0 radical (unpaired) electrons. The number of benzene rings is 1. The quantitative estimate of drug-likeness (QED) is 0.755. The molecule has 1 aromatic heterocycles. The first kappa shape index (κ1) is 12.4. The van der Waals surface area contributed by atoms with Gasteiger partial charge in [0.15, 0.2) is 0 Å². The van der Waals surface area contributed by atoms with Crippen LogP contribution in [0.1, 0.15) is 22.3 Å². The lowest BCUT2D eigenvalue weighted by Crippen LogP contribution is -2.35. The van der Waals surface area contributed by atoms with E-state index in [0.717, 1.165) is 25.1 Å². The van der Waals surface area contributed by atoms with Gasteiger partial charge in [0.25, 0.3) is 5.91 Å². The molecule has 96 valence electrons. The Bertz CT molecular complexity index is 627. The van der Waals surface area contributed by atoms with Gasteiger partial charge in [0.1, 0.15) is 4.60 Å². The number of carbonyl (C=O) groups excluding carboxylic acids is 1. The van der Waals surface area contributed by atoms with Crippen molar-refractivity contribution in [2.75, 3.05) is 11.4 Å². The minimum absolute atomic E-state index is 0.00660. The Hall–Kier alpha value is -1.68. The topological polar surface area (TPSA) is 33.2 Å². The summed E-state index contributed by atoms with van der Waals surface area (Å²) in [4.78, 5) is 18.6. The molecule has 0 saturated heterocycles. The van der Waals surface area contributed by atoms with Gasteiger partial charge in [0.05, 0.1) is 5.56 Å². The second-order valence-electron chi connectivity index (χ2n) is 4.53. The molecular formula is C15H13BrN2O. The molecule has 1 aliphatic heterocycles. The molecule has 0 atom stereocenters. The summed E-state index contributed by atoms with van der Waals surface area (Å²) < 4.78 is 0.600. The molecule has 0 unspecified atom stereocenters. The zero-order valence-corrected chi connectivity index (χ0v) is 11.9. The summed E-state index contributed by atoms with van der Waals surface area (Å²) in [6, 6.07) is 11.7. The van der Waals surface area contributed by atoms with Crippen LogP contribution in [-0.4, -0.2) is 17.4 Å². The van der Waals surface area contributed by atoms with Crippen molar-refractivity contribution in [3.63, 3.8) is 0 Å². The maximum atomic E-state index is 12.6. The largest absolute Gasteiger partial charge is 0.308 e. The van der Waals surface area contributed by atoms with Crippen LogP contribution in [0.5, 0.6) is 0 Å². The second kappa shape index (κ2) is 5.13. The van der Waals surface area contributed by atoms with Crippen LogP contribution in [0.2, 0.25) is 0 Å². The number of nitrogens with zero attached hydrogens (tertiary/aromatic N) is 2. The van der Waals surface area contributed by atoms with Crippen molar-refractivity contribution in [3.8, 4) is 0 Å². The predicted octanol–water partition coefficient (Wildman–Crippen LogP) is 3.44. The standard InChI is InChI=1S/C15H13BrN2O/c16-14-12(7-3-9-17-14)15(19)18-10-4-6-11-5-1-2-8-13(11)18/h1-3,5,7-9H,4,6,10H2. The molecule has 0 spiro atoms. The van der Waals surface area contributed by atoms with Crippen LogP contribution in [0.4, 0.5) is 5.69 Å². The molecule has 2 heterocycles. The lowest BCUT2D eigenvalue weighted by atomic mass is 10.0. The first-order valence-corrected chi connectivity index (χ1v) is 7.07. The number of fused-ring (bicyclic) bond motifs is 1. The number of para-hydroxylation sites is 1. The van der Waals surface area contributed by atoms with E-state index in [1.807, 2.05) is 23.1 Å². The van der Waals surface area contributed by atoms with Crippen molar-refractivity contribution in [1.29, 1.82) is 0 Å². The third kappa shape index (κ3) is 2.28. The minimum Gasteiger partial charge on any atom is -0.308 e. The number of anilines is 1. The highest BCUT2D eigenvalue weighted by molar-refractivity contribution is 9.10. The third-order valence-corrected chi connectivity index (χ3v) is 3.98. The summed E-state index contributed by atoms with van der Waals surface area (Å²) >= 11 is 3.34. The van der Waals surface area contributed by atoms with Crippen LogP contribution in [0, 0.1) is 0 Å². The number of rotatable bonds is 1. The monoisotopic (exact) mass is 316 g/mol. The summed E-state index contributed by atoms with van der Waals surface area (Å²) in [5.74, 6) is 0.00660. The van der Waals surface area contributed by atoms with Crippen molar-refractivity contribution in [2.45, 2.75) is 12.8 Å². The minimum atomic E-state index is 0.00660. The Kier molecular flexibility index (Phi) is 3.34. The van der Waals surface area contributed by atoms with Crippen molar-refractivity contribution in [1.82, 2.24) is 4.98 Å². The Labute approximate surface area is 120 Å². The van der Waals surface area contributed by atoms with Crippen molar-refractivity contribution in [2.24, 2.45) is 0 Å².